The van der Waals surface area contributed by atoms with Gasteiger partial charge in [-0.25, -0.2) is 0 Å². The molecule has 3 heteroatoms. The quantitative estimate of drug-likeness (QED) is 0.387. The van der Waals surface area contributed by atoms with Gasteiger partial charge in [0, 0.05) is 13.1 Å². The van der Waals surface area contributed by atoms with Crippen LogP contribution in [0.2, 0.25) is 0 Å². The lowest BCUT2D eigenvalue weighted by atomic mass is 10.3. The van der Waals surface area contributed by atoms with Gasteiger partial charge in [0.1, 0.15) is 0 Å². The Labute approximate surface area is 80.2 Å². The summed E-state index contributed by atoms with van der Waals surface area (Å²) in [6.07, 6.45) is 2.54. The van der Waals surface area contributed by atoms with E-state index in [0.717, 1.165) is 6.54 Å². The van der Waals surface area contributed by atoms with Crippen molar-refractivity contribution in [2.45, 2.75) is 27.2 Å². The summed E-state index contributed by atoms with van der Waals surface area (Å²) in [5, 5.41) is 3.13. The maximum atomic E-state index is 10.9. The summed E-state index contributed by atoms with van der Waals surface area (Å²) in [5.74, 6) is -0.132. The molecule has 1 N–H and O–H groups in total. The van der Waals surface area contributed by atoms with Gasteiger partial charge >= 0.3 is 5.97 Å². The van der Waals surface area contributed by atoms with Crippen LogP contribution in [0.15, 0.2) is 11.6 Å². The Kier molecular flexibility index (Phi) is 7.30. The molecule has 0 amide bonds. The minimum absolute atomic E-state index is 0.132. The lowest BCUT2D eigenvalue weighted by molar-refractivity contribution is -0.142. The number of nitrogens with one attached hydrogen (secondary N) is 1. The van der Waals surface area contributed by atoms with Crippen LogP contribution in [0.25, 0.3) is 0 Å². The summed E-state index contributed by atoms with van der Waals surface area (Å²) in [6.45, 7) is 7.88. The van der Waals surface area contributed by atoms with Crippen molar-refractivity contribution in [3.63, 3.8) is 0 Å². The van der Waals surface area contributed by atoms with Gasteiger partial charge in [-0.3, -0.25) is 4.79 Å². The van der Waals surface area contributed by atoms with Gasteiger partial charge in [-0.15, -0.1) is 0 Å². The average molecular weight is 185 g/mol. The monoisotopic (exact) mass is 185 g/mol. The second kappa shape index (κ2) is 7.80. The molecule has 0 bridgehead atoms. The molecule has 0 fully saturated rings. The van der Waals surface area contributed by atoms with Crippen molar-refractivity contribution < 1.29 is 9.53 Å². The molecule has 76 valence electrons. The Morgan fingerprint density at radius 3 is 2.69 bits per heavy atom. The zero-order valence-corrected chi connectivity index (χ0v) is 8.72. The molecule has 3 nitrogen and oxygen atoms in total. The highest BCUT2D eigenvalue weighted by Gasteiger charge is 1.98. The Hall–Kier alpha value is -0.830. The van der Waals surface area contributed by atoms with Crippen molar-refractivity contribution in [3.8, 4) is 0 Å². The van der Waals surface area contributed by atoms with Gasteiger partial charge < -0.3 is 10.1 Å². The molecular formula is C10H19NO2. The third-order valence-corrected chi connectivity index (χ3v) is 1.47. The summed E-state index contributed by atoms with van der Waals surface area (Å²) >= 11 is 0. The molecule has 0 saturated heterocycles. The van der Waals surface area contributed by atoms with E-state index in [1.165, 1.54) is 5.57 Å². The second-order valence-electron chi connectivity index (χ2n) is 3.04. The summed E-state index contributed by atoms with van der Waals surface area (Å²) in [7, 11) is 0. The maximum Gasteiger partial charge on any atom is 0.307 e. The fourth-order valence-corrected chi connectivity index (χ4v) is 0.802. The molecule has 0 saturated carbocycles. The molecule has 13 heavy (non-hydrogen) atoms. The number of ether oxygens (including phenoxy) is 1. The first-order valence-corrected chi connectivity index (χ1v) is 4.66. The van der Waals surface area contributed by atoms with E-state index in [1.54, 1.807) is 0 Å². The highest BCUT2D eigenvalue weighted by atomic mass is 16.5. The van der Waals surface area contributed by atoms with E-state index in [2.05, 4.69) is 11.4 Å². The SMILES string of the molecule is CCOC(=O)CCNCC=C(C)C. The highest BCUT2D eigenvalue weighted by Crippen LogP contribution is 1.87. The van der Waals surface area contributed by atoms with E-state index in [0.29, 0.717) is 19.6 Å². The third kappa shape index (κ3) is 9.08. The van der Waals surface area contributed by atoms with Crippen LogP contribution >= 0.6 is 0 Å². The van der Waals surface area contributed by atoms with Crippen LogP contribution in [-0.2, 0) is 9.53 Å². The second-order valence-corrected chi connectivity index (χ2v) is 3.04. The van der Waals surface area contributed by atoms with Gasteiger partial charge in [0.15, 0.2) is 0 Å². The molecule has 0 atom stereocenters. The predicted octanol–water partition coefficient (Wildman–Crippen LogP) is 1.50. The molecule has 0 aliphatic rings. The first-order valence-electron chi connectivity index (χ1n) is 4.66. The summed E-state index contributed by atoms with van der Waals surface area (Å²) in [5.41, 5.74) is 1.28. The van der Waals surface area contributed by atoms with Crippen molar-refractivity contribution in [3.05, 3.63) is 11.6 Å². The molecule has 0 heterocycles. The molecule has 0 radical (unpaired) electrons. The number of hydrogen-bond donors (Lipinski definition) is 1. The van der Waals surface area contributed by atoms with Crippen molar-refractivity contribution in [2.75, 3.05) is 19.7 Å². The number of carbonyl (C=O) groups is 1. The first kappa shape index (κ1) is 12.2. The van der Waals surface area contributed by atoms with E-state index in [9.17, 15) is 4.79 Å². The molecule has 0 aliphatic heterocycles. The maximum absolute atomic E-state index is 10.9. The van der Waals surface area contributed by atoms with E-state index in [1.807, 2.05) is 20.8 Å². The lowest BCUT2D eigenvalue weighted by Crippen LogP contribution is -2.19. The van der Waals surface area contributed by atoms with Crippen LogP contribution in [0, 0.1) is 0 Å². The van der Waals surface area contributed by atoms with Gasteiger partial charge in [-0.05, 0) is 20.8 Å². The van der Waals surface area contributed by atoms with Crippen LogP contribution in [0.3, 0.4) is 0 Å². The third-order valence-electron chi connectivity index (χ3n) is 1.47. The number of esters is 1. The Morgan fingerprint density at radius 2 is 2.15 bits per heavy atom. The fourth-order valence-electron chi connectivity index (χ4n) is 0.802. The van der Waals surface area contributed by atoms with Crippen molar-refractivity contribution in [1.82, 2.24) is 5.32 Å². The van der Waals surface area contributed by atoms with Crippen molar-refractivity contribution >= 4 is 5.97 Å². The number of allylic oxidation sites excluding steroid dienone is 1. The number of rotatable bonds is 6. The van der Waals surface area contributed by atoms with Gasteiger partial charge in [0.25, 0.3) is 0 Å². The molecular weight excluding hydrogens is 166 g/mol. The minimum Gasteiger partial charge on any atom is -0.466 e. The summed E-state index contributed by atoms with van der Waals surface area (Å²) < 4.78 is 4.78. The topological polar surface area (TPSA) is 38.3 Å². The van der Waals surface area contributed by atoms with Gasteiger partial charge in [0.05, 0.1) is 13.0 Å². The minimum atomic E-state index is -0.132. The smallest absolute Gasteiger partial charge is 0.307 e. The highest BCUT2D eigenvalue weighted by molar-refractivity contribution is 5.69. The zero-order chi connectivity index (χ0) is 10.1. The van der Waals surface area contributed by atoms with Crippen molar-refractivity contribution in [2.24, 2.45) is 0 Å². The van der Waals surface area contributed by atoms with Crippen LogP contribution in [0.5, 0.6) is 0 Å². The molecule has 0 aromatic heterocycles. The normalized spacial score (nSPS) is 9.46. The molecule has 0 aliphatic carbocycles. The van der Waals surface area contributed by atoms with E-state index in [4.69, 9.17) is 4.74 Å². The molecule has 0 aromatic rings. The van der Waals surface area contributed by atoms with Crippen molar-refractivity contribution in [1.29, 1.82) is 0 Å². The largest absolute Gasteiger partial charge is 0.466 e. The zero-order valence-electron chi connectivity index (χ0n) is 8.72. The Bertz CT molecular complexity index is 172. The summed E-state index contributed by atoms with van der Waals surface area (Å²) in [6, 6.07) is 0. The van der Waals surface area contributed by atoms with Crippen LogP contribution in [-0.4, -0.2) is 25.7 Å². The van der Waals surface area contributed by atoms with Crippen LogP contribution in [0.4, 0.5) is 0 Å². The number of carbonyl (C=O) groups excluding carboxylic acids is 1. The summed E-state index contributed by atoms with van der Waals surface area (Å²) in [4.78, 5) is 10.9. The van der Waals surface area contributed by atoms with Crippen LogP contribution in [0.1, 0.15) is 27.2 Å². The van der Waals surface area contributed by atoms with E-state index >= 15 is 0 Å². The molecule has 0 spiro atoms. The molecule has 0 rings (SSSR count). The first-order chi connectivity index (χ1) is 6.16. The predicted molar refractivity (Wildman–Crippen MR) is 53.6 cm³/mol. The average Bonchev–Trinajstić information content (AvgIpc) is 2.03. The van der Waals surface area contributed by atoms with Gasteiger partial charge in [-0.2, -0.15) is 0 Å². The lowest BCUT2D eigenvalue weighted by Gasteiger charge is -2.02. The van der Waals surface area contributed by atoms with Gasteiger partial charge in [-0.1, -0.05) is 11.6 Å². The fraction of sp³-hybridized carbons (Fsp3) is 0.700. The molecule has 0 aromatic carbocycles. The standard InChI is InChI=1S/C10H19NO2/c1-4-13-10(12)6-8-11-7-5-9(2)3/h5,11H,4,6-8H2,1-3H3. The molecule has 0 unspecified atom stereocenters. The van der Waals surface area contributed by atoms with E-state index in [-0.39, 0.29) is 5.97 Å². The van der Waals surface area contributed by atoms with Crippen LogP contribution < -0.4 is 5.32 Å². The Morgan fingerprint density at radius 1 is 1.46 bits per heavy atom. The van der Waals surface area contributed by atoms with Gasteiger partial charge in [0.2, 0.25) is 0 Å². The number of hydrogen-bond acceptors (Lipinski definition) is 3. The van der Waals surface area contributed by atoms with E-state index < -0.39 is 0 Å². The Balaban J connectivity index is 3.26.